The highest BCUT2D eigenvalue weighted by Gasteiger charge is 2.05. The summed E-state index contributed by atoms with van der Waals surface area (Å²) < 4.78 is 4.84. The number of ketones is 1. The summed E-state index contributed by atoms with van der Waals surface area (Å²) in [5.74, 6) is 0.105. The van der Waals surface area contributed by atoms with Gasteiger partial charge in [-0.25, -0.2) is 0 Å². The molecule has 18 heavy (non-hydrogen) atoms. The highest BCUT2D eigenvalue weighted by atomic mass is 32.1. The zero-order valence-electron chi connectivity index (χ0n) is 10.8. The van der Waals surface area contributed by atoms with Crippen molar-refractivity contribution in [1.29, 1.82) is 0 Å². The van der Waals surface area contributed by atoms with E-state index in [0.29, 0.717) is 19.4 Å². The molecule has 3 nitrogen and oxygen atoms in total. The second-order valence-electron chi connectivity index (χ2n) is 4.15. The van der Waals surface area contributed by atoms with Gasteiger partial charge in [-0.3, -0.25) is 9.59 Å². The molecule has 0 amide bonds. The third-order valence-electron chi connectivity index (χ3n) is 2.68. The Balaban J connectivity index is 1.99. The summed E-state index contributed by atoms with van der Waals surface area (Å²) in [7, 11) is 0. The van der Waals surface area contributed by atoms with Gasteiger partial charge in [0.2, 0.25) is 0 Å². The molecule has 0 spiro atoms. The van der Waals surface area contributed by atoms with Crippen LogP contribution >= 0.6 is 11.3 Å². The molecule has 1 heterocycles. The van der Waals surface area contributed by atoms with Crippen molar-refractivity contribution in [2.24, 2.45) is 0 Å². The van der Waals surface area contributed by atoms with Crippen LogP contribution in [-0.2, 0) is 9.53 Å². The van der Waals surface area contributed by atoms with E-state index in [1.165, 1.54) is 0 Å². The lowest BCUT2D eigenvalue weighted by atomic mass is 10.1. The third kappa shape index (κ3) is 5.96. The quantitative estimate of drug-likeness (QED) is 0.388. The van der Waals surface area contributed by atoms with Crippen LogP contribution in [0.5, 0.6) is 0 Å². The van der Waals surface area contributed by atoms with E-state index in [-0.39, 0.29) is 11.8 Å². The number of unbranched alkanes of at least 4 members (excludes halogenated alkanes) is 3. The Morgan fingerprint density at radius 2 is 1.89 bits per heavy atom. The zero-order valence-corrected chi connectivity index (χ0v) is 11.6. The molecular formula is C14H20O3S. The van der Waals surface area contributed by atoms with Crippen molar-refractivity contribution in [2.45, 2.75) is 45.4 Å². The van der Waals surface area contributed by atoms with Gasteiger partial charge in [0.05, 0.1) is 6.61 Å². The first-order chi connectivity index (χ1) is 8.74. The molecule has 0 aliphatic rings. The maximum Gasteiger partial charge on any atom is 0.305 e. The Labute approximate surface area is 112 Å². The molecular weight excluding hydrogens is 248 g/mol. The minimum Gasteiger partial charge on any atom is -0.466 e. The van der Waals surface area contributed by atoms with Crippen molar-refractivity contribution in [1.82, 2.24) is 0 Å². The van der Waals surface area contributed by atoms with E-state index in [9.17, 15) is 9.59 Å². The van der Waals surface area contributed by atoms with Crippen molar-refractivity contribution in [3.05, 3.63) is 22.4 Å². The van der Waals surface area contributed by atoms with Gasteiger partial charge in [-0.1, -0.05) is 12.8 Å². The standard InChI is InChI=1S/C14H20O3S/c1-2-17-14(16)8-6-4-3-5-7-13(15)12-9-10-18-11-12/h9-11H,2-8H2,1H3. The minimum absolute atomic E-state index is 0.119. The highest BCUT2D eigenvalue weighted by molar-refractivity contribution is 7.08. The second kappa shape index (κ2) is 8.86. The first-order valence-corrected chi connectivity index (χ1v) is 7.39. The van der Waals surface area contributed by atoms with E-state index in [2.05, 4.69) is 0 Å². The lowest BCUT2D eigenvalue weighted by Crippen LogP contribution is -2.03. The van der Waals surface area contributed by atoms with Gasteiger partial charge in [0.15, 0.2) is 5.78 Å². The Bertz CT molecular complexity index is 357. The average molecular weight is 268 g/mol. The Kier molecular flexibility index (Phi) is 7.34. The van der Waals surface area contributed by atoms with Gasteiger partial charge < -0.3 is 4.74 Å². The molecule has 0 bridgehead atoms. The summed E-state index contributed by atoms with van der Waals surface area (Å²) in [5.41, 5.74) is 0.825. The smallest absolute Gasteiger partial charge is 0.305 e. The summed E-state index contributed by atoms with van der Waals surface area (Å²) in [6.07, 6.45) is 4.83. The molecule has 1 aromatic heterocycles. The first kappa shape index (κ1) is 14.9. The molecule has 4 heteroatoms. The molecule has 0 saturated heterocycles. The summed E-state index contributed by atoms with van der Waals surface area (Å²) in [5, 5.41) is 3.82. The molecule has 0 saturated carbocycles. The highest BCUT2D eigenvalue weighted by Crippen LogP contribution is 2.12. The van der Waals surface area contributed by atoms with Crippen LogP contribution in [0.2, 0.25) is 0 Å². The Morgan fingerprint density at radius 3 is 2.50 bits per heavy atom. The Hall–Kier alpha value is -1.16. The first-order valence-electron chi connectivity index (χ1n) is 6.45. The van der Waals surface area contributed by atoms with E-state index < -0.39 is 0 Å². The maximum atomic E-state index is 11.7. The van der Waals surface area contributed by atoms with Gasteiger partial charge in [-0.05, 0) is 31.2 Å². The van der Waals surface area contributed by atoms with Crippen molar-refractivity contribution in [2.75, 3.05) is 6.61 Å². The van der Waals surface area contributed by atoms with E-state index >= 15 is 0 Å². The number of Topliss-reactive ketones (excluding diaryl/α,β-unsaturated/α-hetero) is 1. The van der Waals surface area contributed by atoms with Gasteiger partial charge in [0.1, 0.15) is 0 Å². The second-order valence-corrected chi connectivity index (χ2v) is 4.93. The Morgan fingerprint density at radius 1 is 1.17 bits per heavy atom. The van der Waals surface area contributed by atoms with Crippen LogP contribution in [0, 0.1) is 0 Å². The fourth-order valence-electron chi connectivity index (χ4n) is 1.71. The van der Waals surface area contributed by atoms with Gasteiger partial charge in [0, 0.05) is 23.8 Å². The van der Waals surface area contributed by atoms with Gasteiger partial charge in [0.25, 0.3) is 0 Å². The van der Waals surface area contributed by atoms with E-state index in [1.54, 1.807) is 11.3 Å². The molecule has 1 aromatic rings. The number of ether oxygens (including phenoxy) is 1. The summed E-state index contributed by atoms with van der Waals surface area (Å²) in [6, 6.07) is 1.87. The van der Waals surface area contributed by atoms with E-state index in [0.717, 1.165) is 31.2 Å². The van der Waals surface area contributed by atoms with Crippen LogP contribution in [0.15, 0.2) is 16.8 Å². The lowest BCUT2D eigenvalue weighted by molar-refractivity contribution is -0.143. The molecule has 0 N–H and O–H groups in total. The normalized spacial score (nSPS) is 10.3. The molecule has 0 aliphatic carbocycles. The van der Waals surface area contributed by atoms with Crippen LogP contribution in [0.3, 0.4) is 0 Å². The summed E-state index contributed by atoms with van der Waals surface area (Å²) in [6.45, 7) is 2.27. The van der Waals surface area contributed by atoms with Crippen LogP contribution in [0.4, 0.5) is 0 Å². The number of rotatable bonds is 9. The summed E-state index contributed by atoms with van der Waals surface area (Å²) in [4.78, 5) is 22.7. The van der Waals surface area contributed by atoms with E-state index in [1.807, 2.05) is 23.8 Å². The predicted molar refractivity (Wildman–Crippen MR) is 73.0 cm³/mol. The molecule has 1 rings (SSSR count). The summed E-state index contributed by atoms with van der Waals surface area (Å²) >= 11 is 1.55. The molecule has 0 atom stereocenters. The topological polar surface area (TPSA) is 43.4 Å². The molecule has 0 aromatic carbocycles. The molecule has 100 valence electrons. The number of carbonyl (C=O) groups is 2. The number of hydrogen-bond donors (Lipinski definition) is 0. The number of esters is 1. The maximum absolute atomic E-state index is 11.7. The van der Waals surface area contributed by atoms with Gasteiger partial charge >= 0.3 is 5.97 Å². The van der Waals surface area contributed by atoms with Crippen molar-refractivity contribution in [3.63, 3.8) is 0 Å². The molecule has 0 unspecified atom stereocenters. The van der Waals surface area contributed by atoms with Crippen molar-refractivity contribution in [3.8, 4) is 0 Å². The molecule has 0 fully saturated rings. The monoisotopic (exact) mass is 268 g/mol. The van der Waals surface area contributed by atoms with Crippen LogP contribution < -0.4 is 0 Å². The lowest BCUT2D eigenvalue weighted by Gasteiger charge is -2.02. The molecule has 0 aliphatic heterocycles. The fourth-order valence-corrected chi connectivity index (χ4v) is 2.37. The third-order valence-corrected chi connectivity index (χ3v) is 3.37. The largest absolute Gasteiger partial charge is 0.466 e. The minimum atomic E-state index is -0.119. The van der Waals surface area contributed by atoms with E-state index in [4.69, 9.17) is 4.74 Å². The number of carbonyl (C=O) groups excluding carboxylic acids is 2. The van der Waals surface area contributed by atoms with Crippen molar-refractivity contribution >= 4 is 23.1 Å². The van der Waals surface area contributed by atoms with Crippen molar-refractivity contribution < 1.29 is 14.3 Å². The van der Waals surface area contributed by atoms with Crippen LogP contribution in [-0.4, -0.2) is 18.4 Å². The predicted octanol–water partition coefficient (Wildman–Crippen LogP) is 3.83. The number of thiophene rings is 1. The SMILES string of the molecule is CCOC(=O)CCCCCCC(=O)c1ccsc1. The van der Waals surface area contributed by atoms with Gasteiger partial charge in [-0.15, -0.1) is 0 Å². The van der Waals surface area contributed by atoms with Gasteiger partial charge in [-0.2, -0.15) is 11.3 Å². The molecule has 0 radical (unpaired) electrons. The van der Waals surface area contributed by atoms with Crippen LogP contribution in [0.1, 0.15) is 55.8 Å². The van der Waals surface area contributed by atoms with Crippen LogP contribution in [0.25, 0.3) is 0 Å². The average Bonchev–Trinajstić information content (AvgIpc) is 2.87. The zero-order chi connectivity index (χ0) is 13.2. The fraction of sp³-hybridized carbons (Fsp3) is 0.571. The number of hydrogen-bond acceptors (Lipinski definition) is 4.